The van der Waals surface area contributed by atoms with Gasteiger partial charge in [-0.2, -0.15) is 0 Å². The van der Waals surface area contributed by atoms with E-state index in [0.29, 0.717) is 6.42 Å². The van der Waals surface area contributed by atoms with Crippen molar-refractivity contribution < 1.29 is 32.2 Å². The van der Waals surface area contributed by atoms with Crippen molar-refractivity contribution in [2.45, 2.75) is 25.8 Å². The highest BCUT2D eigenvalue weighted by molar-refractivity contribution is 5.99. The Morgan fingerprint density at radius 3 is 2.71 bits per heavy atom. The zero-order valence-electron chi connectivity index (χ0n) is 11.0. The quantitative estimate of drug-likeness (QED) is 0.804. The maximum atomic E-state index is 12.2. The van der Waals surface area contributed by atoms with Crippen LogP contribution in [-0.4, -0.2) is 30.9 Å². The molecule has 114 valence electrons. The number of nitrogens with zero attached hydrogens (tertiary/aromatic N) is 1. The number of rotatable bonds is 3. The van der Waals surface area contributed by atoms with Gasteiger partial charge < -0.3 is 14.4 Å². The van der Waals surface area contributed by atoms with Gasteiger partial charge in [0.2, 0.25) is 0 Å². The molecule has 1 aromatic rings. The van der Waals surface area contributed by atoms with Gasteiger partial charge in [0.25, 0.3) is 5.91 Å². The van der Waals surface area contributed by atoms with Crippen LogP contribution in [0.1, 0.15) is 13.3 Å². The molecule has 0 spiro atoms. The highest BCUT2D eigenvalue weighted by atomic mass is 19.4. The molecule has 2 rings (SSSR count). The molecule has 21 heavy (non-hydrogen) atoms. The summed E-state index contributed by atoms with van der Waals surface area (Å²) >= 11 is 0. The Labute approximate surface area is 118 Å². The molecule has 0 N–H and O–H groups in total. The van der Waals surface area contributed by atoms with Crippen LogP contribution < -0.4 is 9.64 Å². The van der Waals surface area contributed by atoms with Gasteiger partial charge in [-0.15, -0.1) is 13.2 Å². The van der Waals surface area contributed by atoms with Gasteiger partial charge in [0.05, 0.1) is 0 Å². The summed E-state index contributed by atoms with van der Waals surface area (Å²) in [4.78, 5) is 24.1. The second-order valence-electron chi connectivity index (χ2n) is 4.42. The van der Waals surface area contributed by atoms with E-state index in [9.17, 15) is 22.8 Å². The summed E-state index contributed by atoms with van der Waals surface area (Å²) in [7, 11) is 0. The molecule has 1 saturated heterocycles. The van der Waals surface area contributed by atoms with Crippen molar-refractivity contribution in [3.8, 4) is 5.75 Å². The molecule has 1 atom stereocenters. The molecule has 0 saturated carbocycles. The third-order valence-electron chi connectivity index (χ3n) is 2.83. The van der Waals surface area contributed by atoms with Gasteiger partial charge in [0, 0.05) is 31.6 Å². The molecule has 1 aliphatic rings. The van der Waals surface area contributed by atoms with E-state index < -0.39 is 30.1 Å². The highest BCUT2D eigenvalue weighted by Crippen LogP contribution is 2.29. The molecule has 1 aliphatic heterocycles. The topological polar surface area (TPSA) is 55.8 Å². The summed E-state index contributed by atoms with van der Waals surface area (Å²) in [5.41, 5.74) is 0.261. The largest absolute Gasteiger partial charge is 0.573 e. The Balaban J connectivity index is 2.14. The predicted molar refractivity (Wildman–Crippen MR) is 65.6 cm³/mol. The first-order valence-corrected chi connectivity index (χ1v) is 6.11. The lowest BCUT2D eigenvalue weighted by Gasteiger charge is -2.18. The summed E-state index contributed by atoms with van der Waals surface area (Å²) < 4.78 is 45.2. The lowest BCUT2D eigenvalue weighted by Crippen LogP contribution is -2.31. The van der Waals surface area contributed by atoms with E-state index >= 15 is 0 Å². The number of benzene rings is 1. The van der Waals surface area contributed by atoms with E-state index in [-0.39, 0.29) is 12.2 Å². The molecule has 1 fully saturated rings. The predicted octanol–water partition coefficient (Wildman–Crippen LogP) is 2.25. The number of esters is 1. The molecule has 1 amide bonds. The lowest BCUT2D eigenvalue weighted by atomic mass is 10.3. The second kappa shape index (κ2) is 5.63. The van der Waals surface area contributed by atoms with Crippen LogP contribution in [0.4, 0.5) is 18.9 Å². The van der Waals surface area contributed by atoms with Gasteiger partial charge in [0.15, 0.2) is 6.10 Å². The highest BCUT2D eigenvalue weighted by Gasteiger charge is 2.35. The minimum Gasteiger partial charge on any atom is -0.452 e. The van der Waals surface area contributed by atoms with E-state index in [1.165, 1.54) is 24.0 Å². The number of carbonyl (C=O) groups excluding carboxylic acids is 2. The van der Waals surface area contributed by atoms with E-state index in [1.807, 2.05) is 0 Å². The summed E-state index contributed by atoms with van der Waals surface area (Å²) in [6.07, 6.45) is -5.40. The standard InChI is InChI=1S/C13H12F3NO4/c1-8(18)20-11-5-6-17(12(11)19)9-3-2-4-10(7-9)21-13(14,15)16/h2-4,7,11H,5-6H2,1H3/t11-/m0/s1. The van der Waals surface area contributed by atoms with Crippen LogP contribution in [0, 0.1) is 0 Å². The number of alkyl halides is 3. The molecule has 0 radical (unpaired) electrons. The zero-order valence-corrected chi connectivity index (χ0v) is 11.0. The molecule has 5 nitrogen and oxygen atoms in total. The van der Waals surface area contributed by atoms with Gasteiger partial charge in [0.1, 0.15) is 5.75 Å². The Kier molecular flexibility index (Phi) is 4.06. The van der Waals surface area contributed by atoms with E-state index in [1.54, 1.807) is 0 Å². The van der Waals surface area contributed by atoms with Crippen LogP contribution in [0.25, 0.3) is 0 Å². The molecular formula is C13H12F3NO4. The fourth-order valence-corrected chi connectivity index (χ4v) is 2.07. The summed E-state index contributed by atoms with van der Waals surface area (Å²) in [5.74, 6) is -1.46. The Bertz CT molecular complexity index is 559. The van der Waals surface area contributed by atoms with Crippen molar-refractivity contribution in [2.75, 3.05) is 11.4 Å². The monoisotopic (exact) mass is 303 g/mol. The molecule has 0 bridgehead atoms. The van der Waals surface area contributed by atoms with Gasteiger partial charge in [-0.3, -0.25) is 9.59 Å². The summed E-state index contributed by atoms with van der Waals surface area (Å²) in [5, 5.41) is 0. The Morgan fingerprint density at radius 2 is 2.10 bits per heavy atom. The number of halogens is 3. The summed E-state index contributed by atoms with van der Waals surface area (Å²) in [6, 6.07) is 5.09. The van der Waals surface area contributed by atoms with Gasteiger partial charge >= 0.3 is 12.3 Å². The van der Waals surface area contributed by atoms with Crippen LogP contribution in [-0.2, 0) is 14.3 Å². The van der Waals surface area contributed by atoms with Crippen molar-refractivity contribution in [1.29, 1.82) is 0 Å². The first-order chi connectivity index (χ1) is 9.76. The molecule has 1 aromatic carbocycles. The summed E-state index contributed by atoms with van der Waals surface area (Å²) in [6.45, 7) is 1.44. The van der Waals surface area contributed by atoms with Gasteiger partial charge in [-0.1, -0.05) is 6.07 Å². The van der Waals surface area contributed by atoms with Crippen molar-refractivity contribution in [1.82, 2.24) is 0 Å². The smallest absolute Gasteiger partial charge is 0.452 e. The fourth-order valence-electron chi connectivity index (χ4n) is 2.07. The van der Waals surface area contributed by atoms with Crippen molar-refractivity contribution >= 4 is 17.6 Å². The SMILES string of the molecule is CC(=O)O[C@H]1CCN(c2cccc(OC(F)(F)F)c2)C1=O. The molecule has 1 heterocycles. The van der Waals surface area contributed by atoms with Gasteiger partial charge in [-0.05, 0) is 12.1 Å². The average molecular weight is 303 g/mol. The Morgan fingerprint density at radius 1 is 1.38 bits per heavy atom. The van der Waals surface area contributed by atoms with E-state index in [0.717, 1.165) is 12.1 Å². The first kappa shape index (κ1) is 15.1. The third-order valence-corrected chi connectivity index (χ3v) is 2.83. The lowest BCUT2D eigenvalue weighted by molar-refractivity contribution is -0.274. The van der Waals surface area contributed by atoms with Crippen molar-refractivity contribution in [2.24, 2.45) is 0 Å². The maximum Gasteiger partial charge on any atom is 0.573 e. The minimum atomic E-state index is -4.80. The normalized spacial score (nSPS) is 18.8. The number of anilines is 1. The van der Waals surface area contributed by atoms with Crippen LogP contribution in [0.2, 0.25) is 0 Å². The zero-order chi connectivity index (χ0) is 15.6. The van der Waals surface area contributed by atoms with Crippen molar-refractivity contribution in [3.63, 3.8) is 0 Å². The molecule has 8 heteroatoms. The van der Waals surface area contributed by atoms with Crippen molar-refractivity contribution in [3.05, 3.63) is 24.3 Å². The third kappa shape index (κ3) is 3.87. The van der Waals surface area contributed by atoms with Crippen LogP contribution in [0.15, 0.2) is 24.3 Å². The Hall–Kier alpha value is -2.25. The first-order valence-electron chi connectivity index (χ1n) is 6.11. The molecule has 0 aliphatic carbocycles. The molecule has 0 unspecified atom stereocenters. The number of hydrogen-bond acceptors (Lipinski definition) is 4. The van der Waals surface area contributed by atoms with E-state index in [2.05, 4.69) is 4.74 Å². The fraction of sp³-hybridized carbons (Fsp3) is 0.385. The number of hydrogen-bond donors (Lipinski definition) is 0. The number of carbonyl (C=O) groups is 2. The van der Waals surface area contributed by atoms with E-state index in [4.69, 9.17) is 4.74 Å². The maximum absolute atomic E-state index is 12.2. The minimum absolute atomic E-state index is 0.256. The van der Waals surface area contributed by atoms with Crippen LogP contribution >= 0.6 is 0 Å². The number of amides is 1. The molecular weight excluding hydrogens is 291 g/mol. The van der Waals surface area contributed by atoms with Crippen LogP contribution in [0.3, 0.4) is 0 Å². The number of ether oxygens (including phenoxy) is 2. The average Bonchev–Trinajstić information content (AvgIpc) is 2.68. The second-order valence-corrected chi connectivity index (χ2v) is 4.42. The van der Waals surface area contributed by atoms with Gasteiger partial charge in [-0.25, -0.2) is 0 Å². The molecule has 0 aromatic heterocycles. The van der Waals surface area contributed by atoms with Crippen LogP contribution in [0.5, 0.6) is 5.75 Å².